The maximum atomic E-state index is 15.2. The molecular weight excluding hydrogens is 634 g/mol. The molecule has 5 heteroatoms. The average molecular weight is 685 g/mol. The van der Waals surface area contributed by atoms with Crippen LogP contribution in [0.15, 0.2) is 130 Å². The second-order valence-electron chi connectivity index (χ2n) is 15.4. The van der Waals surface area contributed by atoms with Crippen LogP contribution in [0.1, 0.15) is 82.1 Å². The van der Waals surface area contributed by atoms with E-state index < -0.39 is 7.14 Å². The van der Waals surface area contributed by atoms with Crippen molar-refractivity contribution in [3.8, 4) is 0 Å². The van der Waals surface area contributed by atoms with Gasteiger partial charge in [0.15, 0.2) is 0 Å². The molecule has 2 aromatic rings. The summed E-state index contributed by atoms with van der Waals surface area (Å²) in [6.07, 6.45) is 37.1. The minimum atomic E-state index is -2.71. The van der Waals surface area contributed by atoms with Crippen LogP contribution in [0.2, 0.25) is 0 Å². The third-order valence-corrected chi connectivity index (χ3v) is 19.6. The van der Waals surface area contributed by atoms with Crippen LogP contribution in [0.4, 0.5) is 5.69 Å². The number of hydrogen-bond acceptors (Lipinski definition) is 3. The summed E-state index contributed by atoms with van der Waals surface area (Å²) in [6, 6.07) is 20.6. The van der Waals surface area contributed by atoms with E-state index in [1.165, 1.54) is 48.9 Å². The highest BCUT2D eigenvalue weighted by Gasteiger charge is 2.46. The highest BCUT2D eigenvalue weighted by Crippen LogP contribution is 2.64. The molecule has 0 N–H and O–H groups in total. The van der Waals surface area contributed by atoms with Gasteiger partial charge in [-0.25, -0.2) is 0 Å². The SMILES string of the molecule is O=P(C1=CCCC=C1)(c1ccccc1)C1CCC(N2c3ccccc3C3C=C(P(C4C=CCCC4)C4CC=C5C=NCC5C4)C=CC32)CC1. The zero-order valence-electron chi connectivity index (χ0n) is 28.7. The third kappa shape index (κ3) is 5.78. The van der Waals surface area contributed by atoms with Gasteiger partial charge in [-0.3, -0.25) is 4.99 Å². The van der Waals surface area contributed by atoms with E-state index in [-0.39, 0.29) is 13.6 Å². The molecule has 0 bridgehead atoms. The summed E-state index contributed by atoms with van der Waals surface area (Å²) in [5.74, 6) is 1.04. The van der Waals surface area contributed by atoms with Gasteiger partial charge in [-0.15, -0.1) is 0 Å². The smallest absolute Gasteiger partial charge is 0.145 e. The Kier molecular flexibility index (Phi) is 8.88. The van der Waals surface area contributed by atoms with E-state index in [4.69, 9.17) is 0 Å². The maximum Gasteiger partial charge on any atom is 0.145 e. The molecule has 5 aliphatic carbocycles. The molecule has 0 saturated heterocycles. The van der Waals surface area contributed by atoms with Crippen molar-refractivity contribution >= 4 is 32.3 Å². The first-order valence-corrected chi connectivity index (χ1v) is 22.4. The van der Waals surface area contributed by atoms with E-state index in [1.807, 2.05) is 0 Å². The Morgan fingerprint density at radius 1 is 0.837 bits per heavy atom. The number of anilines is 1. The Morgan fingerprint density at radius 2 is 1.69 bits per heavy atom. The van der Waals surface area contributed by atoms with Crippen LogP contribution in [-0.2, 0) is 4.57 Å². The summed E-state index contributed by atoms with van der Waals surface area (Å²) < 4.78 is 15.2. The third-order valence-electron chi connectivity index (χ3n) is 12.6. The molecular formula is C44H50N2OP2. The molecule has 0 spiro atoms. The van der Waals surface area contributed by atoms with Crippen molar-refractivity contribution in [1.82, 2.24) is 0 Å². The van der Waals surface area contributed by atoms with E-state index in [9.17, 15) is 0 Å². The Balaban J connectivity index is 0.988. The lowest BCUT2D eigenvalue weighted by Gasteiger charge is -2.43. The van der Waals surface area contributed by atoms with Gasteiger partial charge >= 0.3 is 0 Å². The molecule has 2 aromatic carbocycles. The standard InChI is InChI=1S/C44H50N2OP2/c47-49(38-14-6-2-7-15-38,39-16-8-3-9-17-39)40-25-21-34(22-26-40)46-43-19-11-10-18-41(43)42-29-37(24-27-44(42)46)48(35-12-4-1-5-13-35)36-23-20-32-30-45-31-33(32)28-36/h2,4,6-8,10-12,14-20,24,27,29-30,33-36,40,42,44H,1,3,5,9,13,21-23,25-26,28,31H2. The van der Waals surface area contributed by atoms with Crippen LogP contribution in [0, 0.1) is 5.92 Å². The van der Waals surface area contributed by atoms with Crippen LogP contribution in [0.3, 0.4) is 0 Å². The monoisotopic (exact) mass is 684 g/mol. The summed E-state index contributed by atoms with van der Waals surface area (Å²) >= 11 is 0. The minimum absolute atomic E-state index is 0.213. The lowest BCUT2D eigenvalue weighted by molar-refractivity contribution is 0.401. The summed E-state index contributed by atoms with van der Waals surface area (Å²) in [4.78, 5) is 7.46. The van der Waals surface area contributed by atoms with Gasteiger partial charge in [-0.2, -0.15) is 0 Å². The van der Waals surface area contributed by atoms with Gasteiger partial charge < -0.3 is 9.46 Å². The van der Waals surface area contributed by atoms with Gasteiger partial charge in [0.05, 0.1) is 6.04 Å². The fraction of sp³-hybridized carbons (Fsp3) is 0.432. The largest absolute Gasteiger partial charge is 0.361 e. The molecule has 0 radical (unpaired) electrons. The molecule has 9 rings (SSSR count). The Morgan fingerprint density at radius 3 is 2.51 bits per heavy atom. The first kappa shape index (κ1) is 32.0. The fourth-order valence-corrected chi connectivity index (χ4v) is 17.3. The maximum absolute atomic E-state index is 15.2. The quantitative estimate of drug-likeness (QED) is 0.215. The molecule has 49 heavy (non-hydrogen) atoms. The molecule has 0 amide bonds. The normalized spacial score (nSPS) is 33.5. The summed E-state index contributed by atoms with van der Waals surface area (Å²) in [5, 5.41) is 3.79. The predicted molar refractivity (Wildman–Crippen MR) is 211 cm³/mol. The van der Waals surface area contributed by atoms with E-state index in [1.54, 1.807) is 5.31 Å². The number of rotatable bonds is 7. The van der Waals surface area contributed by atoms with Crippen molar-refractivity contribution in [3.63, 3.8) is 0 Å². The Labute approximate surface area is 294 Å². The first-order valence-electron chi connectivity index (χ1n) is 19.1. The Hall–Kier alpha value is -2.99. The van der Waals surface area contributed by atoms with Gasteiger partial charge in [0, 0.05) is 58.3 Å². The number of aliphatic imine (C=N–C) groups is 1. The summed E-state index contributed by atoms with van der Waals surface area (Å²) in [6.45, 7) is 0.991. The first-order chi connectivity index (χ1) is 24.2. The van der Waals surface area contributed by atoms with E-state index >= 15 is 4.57 Å². The van der Waals surface area contributed by atoms with Crippen LogP contribution >= 0.6 is 15.1 Å². The zero-order valence-corrected chi connectivity index (χ0v) is 30.5. The van der Waals surface area contributed by atoms with E-state index in [0.717, 1.165) is 61.3 Å². The van der Waals surface area contributed by atoms with Gasteiger partial charge in [0.25, 0.3) is 0 Å². The van der Waals surface area contributed by atoms with E-state index in [2.05, 4.69) is 125 Å². The van der Waals surface area contributed by atoms with Crippen molar-refractivity contribution in [2.75, 3.05) is 11.4 Å². The average Bonchev–Trinajstić information content (AvgIpc) is 3.78. The molecule has 3 nitrogen and oxygen atoms in total. The summed E-state index contributed by atoms with van der Waals surface area (Å²) in [5.41, 5.74) is 6.08. The number of hydrogen-bond donors (Lipinski definition) is 0. The minimum Gasteiger partial charge on any atom is -0.361 e. The fourth-order valence-electron chi connectivity index (χ4n) is 10.3. The van der Waals surface area contributed by atoms with Gasteiger partial charge in [-0.1, -0.05) is 111 Å². The molecule has 1 saturated carbocycles. The molecule has 7 atom stereocenters. The van der Waals surface area contributed by atoms with Crippen LogP contribution in [0.25, 0.3) is 0 Å². The van der Waals surface area contributed by atoms with Gasteiger partial charge in [0.2, 0.25) is 0 Å². The summed E-state index contributed by atoms with van der Waals surface area (Å²) in [7, 11) is -3.01. The van der Waals surface area contributed by atoms with Crippen LogP contribution in [-0.4, -0.2) is 41.8 Å². The predicted octanol–water partition coefficient (Wildman–Crippen LogP) is 11.0. The lowest BCUT2D eigenvalue weighted by Crippen LogP contribution is -2.44. The number of allylic oxidation sites excluding steroid dienone is 9. The number of para-hydroxylation sites is 1. The number of benzene rings is 2. The van der Waals surface area contributed by atoms with E-state index in [0.29, 0.717) is 29.6 Å². The molecule has 2 aliphatic heterocycles. The highest BCUT2D eigenvalue weighted by atomic mass is 31.2. The topological polar surface area (TPSA) is 32.7 Å². The highest BCUT2D eigenvalue weighted by molar-refractivity contribution is 7.76. The Bertz CT molecular complexity index is 1820. The van der Waals surface area contributed by atoms with Crippen molar-refractivity contribution in [3.05, 3.63) is 131 Å². The second-order valence-corrected chi connectivity index (χ2v) is 21.2. The zero-order chi connectivity index (χ0) is 32.8. The molecule has 2 heterocycles. The molecule has 7 unspecified atom stereocenters. The second kappa shape index (κ2) is 13.6. The van der Waals surface area contributed by atoms with Crippen molar-refractivity contribution in [2.24, 2.45) is 10.9 Å². The molecule has 252 valence electrons. The van der Waals surface area contributed by atoms with Crippen molar-refractivity contribution < 1.29 is 4.57 Å². The molecule has 1 fully saturated rings. The van der Waals surface area contributed by atoms with Crippen LogP contribution < -0.4 is 10.2 Å². The van der Waals surface area contributed by atoms with Gasteiger partial charge in [0.1, 0.15) is 7.14 Å². The number of nitrogens with zero attached hydrogens (tertiary/aromatic N) is 2. The molecule has 7 aliphatic rings. The lowest BCUT2D eigenvalue weighted by atomic mass is 9.89. The van der Waals surface area contributed by atoms with Crippen LogP contribution in [0.5, 0.6) is 0 Å². The number of fused-ring (bicyclic) bond motifs is 4. The van der Waals surface area contributed by atoms with Crippen molar-refractivity contribution in [2.45, 2.75) is 106 Å². The van der Waals surface area contributed by atoms with Crippen molar-refractivity contribution in [1.29, 1.82) is 0 Å². The molecule has 0 aromatic heterocycles. The van der Waals surface area contributed by atoms with Gasteiger partial charge in [-0.05, 0) is 98.8 Å².